The molecule has 0 aliphatic rings. The summed E-state index contributed by atoms with van der Waals surface area (Å²) < 4.78 is 5.29. The fourth-order valence-corrected chi connectivity index (χ4v) is 3.00. The highest BCUT2D eigenvalue weighted by Crippen LogP contribution is 2.26. The van der Waals surface area contributed by atoms with Crippen LogP contribution >= 0.6 is 0 Å². The number of aldehydes is 1. The topological polar surface area (TPSA) is 92.1 Å². The molecule has 0 fully saturated rings. The third-order valence-corrected chi connectivity index (χ3v) is 5.42. The Morgan fingerprint density at radius 2 is 2.00 bits per heavy atom. The summed E-state index contributed by atoms with van der Waals surface area (Å²) in [6.45, 7) is 6.93. The molecule has 0 saturated heterocycles. The maximum absolute atomic E-state index is 12.2. The van der Waals surface area contributed by atoms with Crippen LogP contribution in [0.4, 0.5) is 0 Å². The first-order valence-corrected chi connectivity index (χ1v) is 11.8. The molecular weight excluding hydrogens is 322 g/mol. The van der Waals surface area contributed by atoms with Crippen LogP contribution in [0.2, 0.25) is 25.7 Å². The SMILES string of the molecule is C[Si](C)(C)CCOC(=O)C(CC(CC=O)c1ccccc1)N=[N+]=[N-]. The lowest BCUT2D eigenvalue weighted by atomic mass is 9.90. The number of ether oxygens (including phenoxy) is 1. The van der Waals surface area contributed by atoms with Gasteiger partial charge < -0.3 is 9.53 Å². The number of carbonyl (C=O) groups is 2. The molecule has 0 N–H and O–H groups in total. The summed E-state index contributed by atoms with van der Waals surface area (Å²) in [6, 6.07) is 9.39. The molecule has 0 aliphatic heterocycles. The number of rotatable bonds is 10. The van der Waals surface area contributed by atoms with Gasteiger partial charge in [0, 0.05) is 19.4 Å². The van der Waals surface area contributed by atoms with Crippen molar-refractivity contribution in [3.63, 3.8) is 0 Å². The van der Waals surface area contributed by atoms with Gasteiger partial charge in [0.2, 0.25) is 0 Å². The minimum atomic E-state index is -1.30. The van der Waals surface area contributed by atoms with Crippen molar-refractivity contribution >= 4 is 20.3 Å². The van der Waals surface area contributed by atoms with E-state index in [-0.39, 0.29) is 18.8 Å². The summed E-state index contributed by atoms with van der Waals surface area (Å²) >= 11 is 0. The molecule has 0 aliphatic carbocycles. The van der Waals surface area contributed by atoms with Crippen molar-refractivity contribution in [2.45, 2.75) is 50.5 Å². The van der Waals surface area contributed by atoms with E-state index >= 15 is 0 Å². The molecule has 0 aromatic heterocycles. The molecule has 0 radical (unpaired) electrons. The highest BCUT2D eigenvalue weighted by atomic mass is 28.3. The summed E-state index contributed by atoms with van der Waals surface area (Å²) in [5, 5.41) is 3.59. The quantitative estimate of drug-likeness (QED) is 0.158. The molecule has 24 heavy (non-hydrogen) atoms. The number of azide groups is 1. The largest absolute Gasteiger partial charge is 0.466 e. The predicted octanol–water partition coefficient (Wildman–Crippen LogP) is 4.31. The maximum atomic E-state index is 12.2. The molecule has 1 aromatic carbocycles. The van der Waals surface area contributed by atoms with Gasteiger partial charge in [0.05, 0.1) is 6.61 Å². The number of hydrogen-bond acceptors (Lipinski definition) is 4. The standard InChI is InChI=1S/C17H25N3O3Si/c1-24(2,3)12-11-23-17(22)16(19-20-18)13-15(9-10-21)14-7-5-4-6-8-14/h4-8,10,15-16H,9,11-13H2,1-3H3. The highest BCUT2D eigenvalue weighted by Gasteiger charge is 2.25. The smallest absolute Gasteiger partial charge is 0.314 e. The Bertz CT molecular complexity index is 580. The van der Waals surface area contributed by atoms with Crippen LogP contribution in [-0.2, 0) is 14.3 Å². The molecule has 1 aromatic rings. The van der Waals surface area contributed by atoms with E-state index < -0.39 is 20.1 Å². The Morgan fingerprint density at radius 1 is 1.33 bits per heavy atom. The molecule has 1 rings (SSSR count). The average molecular weight is 347 g/mol. The van der Waals surface area contributed by atoms with Gasteiger partial charge in [-0.1, -0.05) is 55.1 Å². The van der Waals surface area contributed by atoms with Gasteiger partial charge in [0.1, 0.15) is 12.3 Å². The van der Waals surface area contributed by atoms with E-state index in [1.807, 2.05) is 30.3 Å². The summed E-state index contributed by atoms with van der Waals surface area (Å²) in [7, 11) is -1.30. The number of esters is 1. The zero-order chi connectivity index (χ0) is 18.0. The highest BCUT2D eigenvalue weighted by molar-refractivity contribution is 6.76. The maximum Gasteiger partial charge on any atom is 0.314 e. The van der Waals surface area contributed by atoms with E-state index in [0.717, 1.165) is 17.9 Å². The minimum Gasteiger partial charge on any atom is -0.466 e. The van der Waals surface area contributed by atoms with Gasteiger partial charge in [-0.25, -0.2) is 0 Å². The Morgan fingerprint density at radius 3 is 2.54 bits per heavy atom. The molecule has 6 nitrogen and oxygen atoms in total. The van der Waals surface area contributed by atoms with Crippen molar-refractivity contribution < 1.29 is 14.3 Å². The third kappa shape index (κ3) is 7.44. The number of carbonyl (C=O) groups excluding carboxylic acids is 2. The van der Waals surface area contributed by atoms with Crippen LogP contribution in [0.5, 0.6) is 0 Å². The van der Waals surface area contributed by atoms with E-state index in [2.05, 4.69) is 29.7 Å². The van der Waals surface area contributed by atoms with Gasteiger partial charge in [-0.2, -0.15) is 0 Å². The molecule has 2 atom stereocenters. The molecular formula is C17H25N3O3Si. The van der Waals surface area contributed by atoms with Crippen molar-refractivity contribution in [2.24, 2.45) is 5.11 Å². The van der Waals surface area contributed by atoms with Crippen LogP contribution in [0.1, 0.15) is 24.3 Å². The van der Waals surface area contributed by atoms with E-state index in [0.29, 0.717) is 6.61 Å². The van der Waals surface area contributed by atoms with Crippen molar-refractivity contribution in [3.8, 4) is 0 Å². The second-order valence-corrected chi connectivity index (χ2v) is 12.6. The molecule has 0 bridgehead atoms. The third-order valence-electron chi connectivity index (χ3n) is 3.72. The fourth-order valence-electron chi connectivity index (χ4n) is 2.29. The normalized spacial score (nSPS) is 13.5. The Hall–Kier alpha value is -2.11. The van der Waals surface area contributed by atoms with Crippen molar-refractivity contribution in [2.75, 3.05) is 6.61 Å². The lowest BCUT2D eigenvalue weighted by molar-refractivity contribution is -0.145. The molecule has 0 heterocycles. The van der Waals surface area contributed by atoms with E-state index in [1.54, 1.807) is 0 Å². The summed E-state index contributed by atoms with van der Waals surface area (Å²) in [6.07, 6.45) is 1.35. The first kappa shape index (κ1) is 19.9. The summed E-state index contributed by atoms with van der Waals surface area (Å²) in [4.78, 5) is 26.0. The predicted molar refractivity (Wildman–Crippen MR) is 96.5 cm³/mol. The number of hydrogen-bond donors (Lipinski definition) is 0. The van der Waals surface area contributed by atoms with Crippen molar-refractivity contribution in [1.29, 1.82) is 0 Å². The van der Waals surface area contributed by atoms with Gasteiger partial charge in [0.15, 0.2) is 0 Å². The lowest BCUT2D eigenvalue weighted by Crippen LogP contribution is -2.27. The van der Waals surface area contributed by atoms with E-state index in [1.165, 1.54) is 0 Å². The van der Waals surface area contributed by atoms with Crippen LogP contribution in [0, 0.1) is 0 Å². The molecule has 130 valence electrons. The van der Waals surface area contributed by atoms with Crippen LogP contribution in [-0.4, -0.2) is 33.0 Å². The average Bonchev–Trinajstić information content (AvgIpc) is 2.53. The Balaban J connectivity index is 2.76. The van der Waals surface area contributed by atoms with E-state index in [4.69, 9.17) is 10.3 Å². The summed E-state index contributed by atoms with van der Waals surface area (Å²) in [5.41, 5.74) is 9.68. The zero-order valence-corrected chi connectivity index (χ0v) is 15.5. The molecule has 2 unspecified atom stereocenters. The van der Waals surface area contributed by atoms with E-state index in [9.17, 15) is 9.59 Å². The first-order chi connectivity index (χ1) is 11.4. The fraction of sp³-hybridized carbons (Fsp3) is 0.529. The van der Waals surface area contributed by atoms with Crippen LogP contribution in [0.25, 0.3) is 10.4 Å². The van der Waals surface area contributed by atoms with Gasteiger partial charge >= 0.3 is 5.97 Å². The first-order valence-electron chi connectivity index (χ1n) is 8.07. The van der Waals surface area contributed by atoms with Gasteiger partial charge in [0.25, 0.3) is 0 Å². The van der Waals surface area contributed by atoms with Crippen LogP contribution in [0.3, 0.4) is 0 Å². The summed E-state index contributed by atoms with van der Waals surface area (Å²) in [5.74, 6) is -0.693. The zero-order valence-electron chi connectivity index (χ0n) is 14.5. The van der Waals surface area contributed by atoms with Crippen LogP contribution in [0.15, 0.2) is 35.4 Å². The molecule has 0 saturated carbocycles. The lowest BCUT2D eigenvalue weighted by Gasteiger charge is -2.20. The van der Waals surface area contributed by atoms with Crippen molar-refractivity contribution in [1.82, 2.24) is 0 Å². The Kier molecular flexibility index (Phi) is 8.22. The van der Waals surface area contributed by atoms with Crippen LogP contribution < -0.4 is 0 Å². The monoisotopic (exact) mass is 347 g/mol. The number of nitrogens with zero attached hydrogens (tertiary/aromatic N) is 3. The second-order valence-electron chi connectivity index (χ2n) is 6.94. The van der Waals surface area contributed by atoms with Gasteiger partial charge in [-0.05, 0) is 29.5 Å². The van der Waals surface area contributed by atoms with Crippen molar-refractivity contribution in [3.05, 3.63) is 46.3 Å². The molecule has 7 heteroatoms. The van der Waals surface area contributed by atoms with Gasteiger partial charge in [-0.3, -0.25) is 4.79 Å². The molecule has 0 amide bonds. The van der Waals surface area contributed by atoms with Gasteiger partial charge in [-0.15, -0.1) is 0 Å². The molecule has 0 spiro atoms. The number of benzene rings is 1. The minimum absolute atomic E-state index is 0.177. The Labute approximate surface area is 143 Å². The second kappa shape index (κ2) is 9.90.